The molecule has 0 amide bonds. The van der Waals surface area contributed by atoms with E-state index in [0.29, 0.717) is 11.5 Å². The molecule has 0 atom stereocenters. The third-order valence-corrected chi connectivity index (χ3v) is 11.3. The Kier molecular flexibility index (Phi) is 18.5. The molecular weight excluding hydrogens is 887 g/mol. The van der Waals surface area contributed by atoms with Gasteiger partial charge in [0.2, 0.25) is 17.2 Å². The van der Waals surface area contributed by atoms with Crippen LogP contribution in [0.1, 0.15) is 0 Å². The molecule has 0 bridgehead atoms. The number of phenols is 1. The molecule has 57 heavy (non-hydrogen) atoms. The minimum Gasteiger partial charge on any atom is -0.505 e. The van der Waals surface area contributed by atoms with E-state index in [0.717, 1.165) is 23.6 Å². The van der Waals surface area contributed by atoms with Gasteiger partial charge in [-0.2, -0.15) is 40.2 Å². The van der Waals surface area contributed by atoms with Crippen LogP contribution in [0.25, 0.3) is 21.5 Å². The fourth-order valence-corrected chi connectivity index (χ4v) is 7.60. The fraction of sp³-hybridized carbons (Fsp3) is 0.138. The summed E-state index contributed by atoms with van der Waals surface area (Å²) < 4.78 is 133. The molecule has 1 heterocycles. The van der Waals surface area contributed by atoms with E-state index in [-0.39, 0.29) is 131 Å². The molecule has 0 aliphatic carbocycles. The number of azo groups is 1. The van der Waals surface area contributed by atoms with Crippen LogP contribution in [0.2, 0.25) is 5.28 Å². The molecule has 5 aromatic rings. The van der Waals surface area contributed by atoms with E-state index >= 15 is 0 Å². The number of anilines is 3. The Morgan fingerprint density at radius 3 is 2.09 bits per heavy atom. The molecule has 286 valence electrons. The molecule has 20 nitrogen and oxygen atoms in total. The van der Waals surface area contributed by atoms with E-state index in [9.17, 15) is 52.4 Å². The maximum atomic E-state index is 12.5. The Hall–Kier alpha value is -1.92. The van der Waals surface area contributed by atoms with Crippen molar-refractivity contribution in [3.05, 3.63) is 71.9 Å². The van der Waals surface area contributed by atoms with Gasteiger partial charge in [-0.25, -0.2) is 8.42 Å². The average molecular weight is 913 g/mol. The summed E-state index contributed by atoms with van der Waals surface area (Å²) in [5.41, 5.74) is -1.86. The number of aromatic nitrogens is 3. The van der Waals surface area contributed by atoms with Crippen molar-refractivity contribution in [3.63, 3.8) is 0 Å². The van der Waals surface area contributed by atoms with Crippen LogP contribution < -0.4 is 99.3 Å². The van der Waals surface area contributed by atoms with Crippen LogP contribution in [0.15, 0.2) is 91.5 Å². The third-order valence-electron chi connectivity index (χ3n) is 7.22. The Morgan fingerprint density at radius 1 is 0.789 bits per heavy atom. The summed E-state index contributed by atoms with van der Waals surface area (Å²) in [7, 11) is -18.8. The number of sulfone groups is 1. The molecule has 1 aromatic heterocycles. The summed E-state index contributed by atoms with van der Waals surface area (Å²) in [5.74, 6) is -1.90. The summed E-state index contributed by atoms with van der Waals surface area (Å²) in [6, 6.07) is 10.8. The number of nitrogens with one attached hydrogen (secondary N) is 2. The molecule has 0 spiro atoms. The predicted octanol–water partition coefficient (Wildman–Crippen LogP) is -4.57. The largest absolute Gasteiger partial charge is 1.00 e. The quantitative estimate of drug-likeness (QED) is 0.0249. The molecule has 0 radical (unpaired) electrons. The standard InChI is InChI=1S/C29H26ClN7O13S4.3Na/c1-2-51(39,40)12-11-50-10-9-31-28-33-27(30)34-29(35-28)32-21-15-18(52(41,42)43)13-17-14-22(53(44,45)46)24(25(38)23(17)21)37-36-20-8-7-16-5-3-4-6-19(16)26(20)54(47,48)49;;;/h2-8,13-15,38H,1,9-12H2,(H,41,42,43)(H,44,45,46)(H,47,48,49)(H2,31,32,33,34,35);;;/q;3*+1. The Bertz CT molecular complexity index is 2820. The second-order valence-electron chi connectivity index (χ2n) is 10.9. The maximum absolute atomic E-state index is 12.5. The van der Waals surface area contributed by atoms with Gasteiger partial charge in [-0.1, -0.05) is 36.9 Å². The molecule has 0 aliphatic heterocycles. The molecule has 0 aliphatic rings. The summed E-state index contributed by atoms with van der Waals surface area (Å²) in [6.07, 6.45) is 0. The molecule has 0 unspecified atom stereocenters. The molecule has 5 rings (SSSR count). The number of fused-ring (bicyclic) bond motifs is 2. The third kappa shape index (κ3) is 13.0. The summed E-state index contributed by atoms with van der Waals surface area (Å²) >= 11 is 6.06. The van der Waals surface area contributed by atoms with Crippen LogP contribution >= 0.6 is 11.6 Å². The number of nitrogens with zero attached hydrogens (tertiary/aromatic N) is 5. The number of ether oxygens (including phenoxy) is 1. The van der Waals surface area contributed by atoms with Crippen LogP contribution in [0.4, 0.5) is 29.0 Å². The van der Waals surface area contributed by atoms with Crippen LogP contribution in [0.5, 0.6) is 5.75 Å². The maximum Gasteiger partial charge on any atom is 1.00 e. The van der Waals surface area contributed by atoms with Crippen molar-refractivity contribution in [1.29, 1.82) is 0 Å². The molecule has 4 aromatic carbocycles. The Morgan fingerprint density at radius 2 is 1.46 bits per heavy atom. The zero-order chi connectivity index (χ0) is 39.6. The van der Waals surface area contributed by atoms with Gasteiger partial charge in [0.25, 0.3) is 30.4 Å². The summed E-state index contributed by atoms with van der Waals surface area (Å²) in [6.45, 7) is 3.11. The van der Waals surface area contributed by atoms with Gasteiger partial charge >= 0.3 is 88.7 Å². The molecule has 0 fully saturated rings. The van der Waals surface area contributed by atoms with Gasteiger partial charge in [-0.05, 0) is 46.6 Å². The van der Waals surface area contributed by atoms with Gasteiger partial charge in [0, 0.05) is 22.7 Å². The van der Waals surface area contributed by atoms with Crippen molar-refractivity contribution in [3.8, 4) is 5.75 Å². The van der Waals surface area contributed by atoms with Crippen molar-refractivity contribution in [1.82, 2.24) is 15.0 Å². The number of hydrogen-bond acceptors (Lipinski definition) is 17. The first-order valence-electron chi connectivity index (χ1n) is 14.7. The fourth-order valence-electron chi connectivity index (χ4n) is 4.89. The zero-order valence-corrected chi connectivity index (χ0v) is 40.0. The number of halogens is 1. The van der Waals surface area contributed by atoms with E-state index < -0.39 is 93.7 Å². The Labute approximate surface area is 397 Å². The predicted molar refractivity (Wildman–Crippen MR) is 195 cm³/mol. The normalized spacial score (nSPS) is 12.1. The molecule has 6 N–H and O–H groups in total. The van der Waals surface area contributed by atoms with Crippen molar-refractivity contribution in [2.75, 3.05) is 36.1 Å². The molecular formula is C29H26ClN7Na3O13S4+3. The smallest absolute Gasteiger partial charge is 0.505 e. The van der Waals surface area contributed by atoms with Crippen LogP contribution in [-0.4, -0.2) is 92.9 Å². The number of hydrogen-bond donors (Lipinski definition) is 6. The number of aromatic hydroxyl groups is 1. The number of benzene rings is 4. The van der Waals surface area contributed by atoms with E-state index in [2.05, 4.69) is 42.4 Å². The van der Waals surface area contributed by atoms with Gasteiger partial charge in [0.15, 0.2) is 15.6 Å². The monoisotopic (exact) mass is 912 g/mol. The summed E-state index contributed by atoms with van der Waals surface area (Å²) in [4.78, 5) is 9.23. The average Bonchev–Trinajstić information content (AvgIpc) is 3.07. The zero-order valence-electron chi connectivity index (χ0n) is 30.0. The van der Waals surface area contributed by atoms with E-state index in [1.807, 2.05) is 0 Å². The minimum atomic E-state index is -5.30. The van der Waals surface area contributed by atoms with Crippen LogP contribution in [0.3, 0.4) is 0 Å². The van der Waals surface area contributed by atoms with E-state index in [1.165, 1.54) is 18.2 Å². The number of rotatable bonds is 15. The SMILES string of the molecule is C=CS(=O)(=O)CCOCCNc1nc(Cl)nc(Nc2cc(S(=O)(=O)O)cc3cc(S(=O)(=O)O)c(N=Nc4ccc5ccccc5c4S(=O)(=O)O)c(O)c23)n1.[Na+].[Na+].[Na+]. The molecule has 0 saturated heterocycles. The van der Waals surface area contributed by atoms with Crippen LogP contribution in [-0.2, 0) is 44.9 Å². The van der Waals surface area contributed by atoms with Gasteiger partial charge in [0.05, 0.1) is 29.5 Å². The second-order valence-corrected chi connectivity index (χ2v) is 17.4. The molecule has 0 saturated carbocycles. The minimum absolute atomic E-state index is 0. The first kappa shape index (κ1) is 51.2. The van der Waals surface area contributed by atoms with Crippen molar-refractivity contribution in [2.45, 2.75) is 14.7 Å². The van der Waals surface area contributed by atoms with E-state index in [1.54, 1.807) is 12.1 Å². The van der Waals surface area contributed by atoms with Gasteiger partial charge < -0.3 is 20.5 Å². The Balaban J connectivity index is 0.00000374. The van der Waals surface area contributed by atoms with Crippen molar-refractivity contribution < 1.29 is 146 Å². The van der Waals surface area contributed by atoms with Gasteiger partial charge in [-0.15, -0.1) is 10.2 Å². The second kappa shape index (κ2) is 20.6. The topological polar surface area (TPSA) is 314 Å². The van der Waals surface area contributed by atoms with Crippen molar-refractivity contribution >= 4 is 102 Å². The van der Waals surface area contributed by atoms with Gasteiger partial charge in [-0.3, -0.25) is 13.7 Å². The number of phenolic OH excluding ortho intramolecular Hbond substituents is 1. The van der Waals surface area contributed by atoms with Crippen molar-refractivity contribution in [2.24, 2.45) is 10.2 Å². The first-order valence-corrected chi connectivity index (χ1v) is 21.1. The van der Waals surface area contributed by atoms with E-state index in [4.69, 9.17) is 16.3 Å². The van der Waals surface area contributed by atoms with Crippen LogP contribution in [0, 0.1) is 0 Å². The molecule has 28 heteroatoms. The first-order chi connectivity index (χ1) is 25.2. The summed E-state index contributed by atoms with van der Waals surface area (Å²) in [5, 5.41) is 24.4. The van der Waals surface area contributed by atoms with Gasteiger partial charge in [0.1, 0.15) is 21.2 Å².